The van der Waals surface area contributed by atoms with Crippen molar-refractivity contribution in [2.75, 3.05) is 13.1 Å². The SMILES string of the molecule is CCC(=O)c1ccc(C)c(S(=O)(=O)N2CCCCCC2)c1. The summed E-state index contributed by atoms with van der Waals surface area (Å²) >= 11 is 0. The Kier molecular flexibility index (Phi) is 5.17. The minimum Gasteiger partial charge on any atom is -0.294 e. The Bertz CT molecular complexity index is 614. The maximum absolute atomic E-state index is 12.8. The van der Waals surface area contributed by atoms with Gasteiger partial charge < -0.3 is 0 Å². The predicted molar refractivity (Wildman–Crippen MR) is 83.0 cm³/mol. The molecular formula is C16H23NO3S. The van der Waals surface area contributed by atoms with Crippen molar-refractivity contribution in [2.45, 2.75) is 50.8 Å². The summed E-state index contributed by atoms with van der Waals surface area (Å²) in [6, 6.07) is 4.98. The molecule has 21 heavy (non-hydrogen) atoms. The molecule has 0 unspecified atom stereocenters. The van der Waals surface area contributed by atoms with E-state index in [0.29, 0.717) is 30.6 Å². The molecule has 2 rings (SSSR count). The van der Waals surface area contributed by atoms with E-state index in [2.05, 4.69) is 0 Å². The molecule has 5 heteroatoms. The first-order valence-electron chi connectivity index (χ1n) is 7.61. The summed E-state index contributed by atoms with van der Waals surface area (Å²) in [6.07, 6.45) is 4.36. The Labute approximate surface area is 127 Å². The van der Waals surface area contributed by atoms with Crippen LogP contribution in [0, 0.1) is 6.92 Å². The Morgan fingerprint density at radius 1 is 1.14 bits per heavy atom. The Morgan fingerprint density at radius 3 is 2.33 bits per heavy atom. The Balaban J connectivity index is 2.40. The number of nitrogens with zero attached hydrogens (tertiary/aromatic N) is 1. The predicted octanol–water partition coefficient (Wildman–Crippen LogP) is 3.15. The van der Waals surface area contributed by atoms with Gasteiger partial charge in [0.1, 0.15) is 0 Å². The second-order valence-electron chi connectivity index (χ2n) is 5.58. The van der Waals surface area contributed by atoms with Gasteiger partial charge in [0.15, 0.2) is 5.78 Å². The van der Waals surface area contributed by atoms with Crippen molar-refractivity contribution in [2.24, 2.45) is 0 Å². The highest BCUT2D eigenvalue weighted by molar-refractivity contribution is 7.89. The topological polar surface area (TPSA) is 54.5 Å². The van der Waals surface area contributed by atoms with Gasteiger partial charge >= 0.3 is 0 Å². The van der Waals surface area contributed by atoms with Gasteiger partial charge in [0.05, 0.1) is 4.90 Å². The smallest absolute Gasteiger partial charge is 0.243 e. The van der Waals surface area contributed by atoms with Crippen molar-refractivity contribution in [3.05, 3.63) is 29.3 Å². The highest BCUT2D eigenvalue weighted by Gasteiger charge is 2.27. The number of Topliss-reactive ketones (excluding diaryl/α,β-unsaturated/α-hetero) is 1. The lowest BCUT2D eigenvalue weighted by atomic mass is 10.1. The number of hydrogen-bond donors (Lipinski definition) is 0. The van der Waals surface area contributed by atoms with Gasteiger partial charge in [-0.1, -0.05) is 31.9 Å². The molecule has 1 heterocycles. The minimum absolute atomic E-state index is 0.0256. The largest absolute Gasteiger partial charge is 0.294 e. The molecule has 1 aliphatic rings. The molecule has 116 valence electrons. The van der Waals surface area contributed by atoms with E-state index in [0.717, 1.165) is 25.7 Å². The van der Waals surface area contributed by atoms with Crippen molar-refractivity contribution < 1.29 is 13.2 Å². The van der Waals surface area contributed by atoms with Crippen LogP contribution in [0.5, 0.6) is 0 Å². The molecule has 4 nitrogen and oxygen atoms in total. The molecule has 0 bridgehead atoms. The lowest BCUT2D eigenvalue weighted by molar-refractivity contribution is 0.0988. The van der Waals surface area contributed by atoms with E-state index in [4.69, 9.17) is 0 Å². The summed E-state index contributed by atoms with van der Waals surface area (Å²) in [5.74, 6) is -0.0256. The van der Waals surface area contributed by atoms with Crippen LogP contribution in [-0.4, -0.2) is 31.6 Å². The van der Waals surface area contributed by atoms with Crippen LogP contribution in [0.15, 0.2) is 23.1 Å². The number of aryl methyl sites for hydroxylation is 1. The molecule has 1 aromatic rings. The van der Waals surface area contributed by atoms with Crippen LogP contribution in [0.25, 0.3) is 0 Å². The second kappa shape index (κ2) is 6.71. The van der Waals surface area contributed by atoms with Gasteiger partial charge in [0.2, 0.25) is 10.0 Å². The van der Waals surface area contributed by atoms with Gasteiger partial charge in [-0.2, -0.15) is 4.31 Å². The summed E-state index contributed by atoms with van der Waals surface area (Å²) in [4.78, 5) is 12.1. The van der Waals surface area contributed by atoms with Crippen LogP contribution in [0.1, 0.15) is 54.9 Å². The van der Waals surface area contributed by atoms with Gasteiger partial charge in [-0.3, -0.25) is 4.79 Å². The number of ketones is 1. The van der Waals surface area contributed by atoms with Gasteiger partial charge in [-0.25, -0.2) is 8.42 Å². The zero-order chi connectivity index (χ0) is 15.5. The van der Waals surface area contributed by atoms with Crippen LogP contribution >= 0.6 is 0 Å². The molecule has 1 fully saturated rings. The lowest BCUT2D eigenvalue weighted by Gasteiger charge is -2.21. The van der Waals surface area contributed by atoms with Gasteiger partial charge in [0, 0.05) is 25.1 Å². The first kappa shape index (κ1) is 16.2. The van der Waals surface area contributed by atoms with Crippen molar-refractivity contribution in [3.63, 3.8) is 0 Å². The average Bonchev–Trinajstić information content (AvgIpc) is 2.76. The van der Waals surface area contributed by atoms with Crippen LogP contribution in [-0.2, 0) is 10.0 Å². The van der Waals surface area contributed by atoms with Crippen molar-refractivity contribution in [3.8, 4) is 0 Å². The molecule has 0 N–H and O–H groups in total. The average molecular weight is 309 g/mol. The molecular weight excluding hydrogens is 286 g/mol. The number of hydrogen-bond acceptors (Lipinski definition) is 3. The molecule has 1 aromatic carbocycles. The molecule has 0 radical (unpaired) electrons. The molecule has 1 saturated heterocycles. The number of rotatable bonds is 4. The zero-order valence-electron chi connectivity index (χ0n) is 12.8. The van der Waals surface area contributed by atoms with E-state index in [9.17, 15) is 13.2 Å². The lowest BCUT2D eigenvalue weighted by Crippen LogP contribution is -2.32. The van der Waals surface area contributed by atoms with Crippen LogP contribution in [0.4, 0.5) is 0 Å². The van der Waals surface area contributed by atoms with Crippen LogP contribution < -0.4 is 0 Å². The molecule has 1 aliphatic heterocycles. The highest BCUT2D eigenvalue weighted by Crippen LogP contribution is 2.24. The Morgan fingerprint density at radius 2 is 1.76 bits per heavy atom. The summed E-state index contributed by atoms with van der Waals surface area (Å²) < 4.78 is 27.2. The fourth-order valence-corrected chi connectivity index (χ4v) is 4.44. The third-order valence-electron chi connectivity index (χ3n) is 4.01. The number of carbonyl (C=O) groups is 1. The standard InChI is InChI=1S/C16H23NO3S/c1-3-15(18)14-9-8-13(2)16(12-14)21(19,20)17-10-6-4-5-7-11-17/h8-9,12H,3-7,10-11H2,1-2H3. The fraction of sp³-hybridized carbons (Fsp3) is 0.562. The highest BCUT2D eigenvalue weighted by atomic mass is 32.2. The van der Waals surface area contributed by atoms with Crippen LogP contribution in [0.3, 0.4) is 0 Å². The van der Waals surface area contributed by atoms with Gasteiger partial charge in [0.25, 0.3) is 0 Å². The first-order chi connectivity index (χ1) is 9.96. The summed E-state index contributed by atoms with van der Waals surface area (Å²) in [7, 11) is -3.50. The van der Waals surface area contributed by atoms with E-state index in [1.54, 1.807) is 36.4 Å². The monoisotopic (exact) mass is 309 g/mol. The van der Waals surface area contributed by atoms with Gasteiger partial charge in [-0.15, -0.1) is 0 Å². The summed E-state index contributed by atoms with van der Waals surface area (Å²) in [5.41, 5.74) is 1.18. The third kappa shape index (κ3) is 3.52. The van der Waals surface area contributed by atoms with E-state index in [1.165, 1.54) is 0 Å². The van der Waals surface area contributed by atoms with E-state index in [1.807, 2.05) is 0 Å². The number of benzene rings is 1. The maximum Gasteiger partial charge on any atom is 0.243 e. The summed E-state index contributed by atoms with van der Waals surface area (Å²) in [6.45, 7) is 4.72. The molecule has 0 saturated carbocycles. The van der Waals surface area contributed by atoms with Crippen LogP contribution in [0.2, 0.25) is 0 Å². The molecule has 0 aromatic heterocycles. The van der Waals surface area contributed by atoms with E-state index < -0.39 is 10.0 Å². The molecule has 0 atom stereocenters. The van der Waals surface area contributed by atoms with Crippen molar-refractivity contribution >= 4 is 15.8 Å². The zero-order valence-corrected chi connectivity index (χ0v) is 13.6. The summed E-state index contributed by atoms with van der Waals surface area (Å²) in [5, 5.41) is 0. The quantitative estimate of drug-likeness (QED) is 0.803. The maximum atomic E-state index is 12.8. The molecule has 0 aliphatic carbocycles. The van der Waals surface area contributed by atoms with E-state index >= 15 is 0 Å². The second-order valence-corrected chi connectivity index (χ2v) is 7.48. The normalized spacial score (nSPS) is 17.4. The van der Waals surface area contributed by atoms with Gasteiger partial charge in [-0.05, 0) is 31.4 Å². The van der Waals surface area contributed by atoms with Crippen molar-refractivity contribution in [1.29, 1.82) is 0 Å². The Hall–Kier alpha value is -1.20. The fourth-order valence-electron chi connectivity index (χ4n) is 2.68. The number of carbonyl (C=O) groups excluding carboxylic acids is 1. The molecule has 0 amide bonds. The third-order valence-corrected chi connectivity index (χ3v) is 6.05. The van der Waals surface area contributed by atoms with E-state index in [-0.39, 0.29) is 10.7 Å². The first-order valence-corrected chi connectivity index (χ1v) is 9.05. The number of sulfonamides is 1. The minimum atomic E-state index is -3.50. The van der Waals surface area contributed by atoms with Crippen molar-refractivity contribution in [1.82, 2.24) is 4.31 Å². The molecule has 0 spiro atoms.